The first kappa shape index (κ1) is 14.8. The van der Waals surface area contributed by atoms with Crippen molar-refractivity contribution in [1.29, 1.82) is 0 Å². The standard InChI is InChI=1S/C11H17F3Se/c1-9(2)5-4-6-10(3)7-8-15-11(12,13)14/h5,7H,4,6,8H2,1-3H3/b10-7+. The van der Waals surface area contributed by atoms with Gasteiger partial charge in [0.25, 0.3) is 0 Å². The molecule has 0 saturated carbocycles. The summed E-state index contributed by atoms with van der Waals surface area (Å²) in [5.41, 5.74) is 2.31. The Balaban J connectivity index is 3.75. The summed E-state index contributed by atoms with van der Waals surface area (Å²) in [7, 11) is 0. The third-order valence-electron chi connectivity index (χ3n) is 1.77. The fourth-order valence-electron chi connectivity index (χ4n) is 0.969. The summed E-state index contributed by atoms with van der Waals surface area (Å²) in [6.45, 7) is 5.93. The van der Waals surface area contributed by atoms with E-state index in [1.54, 1.807) is 6.08 Å². The van der Waals surface area contributed by atoms with Crippen LogP contribution >= 0.6 is 0 Å². The van der Waals surface area contributed by atoms with Gasteiger partial charge < -0.3 is 0 Å². The van der Waals surface area contributed by atoms with Gasteiger partial charge in [0.1, 0.15) is 0 Å². The minimum atomic E-state index is -3.97. The predicted molar refractivity (Wildman–Crippen MR) is 59.0 cm³/mol. The fraction of sp³-hybridized carbons (Fsp3) is 0.636. The van der Waals surface area contributed by atoms with Crippen LogP contribution in [-0.4, -0.2) is 20.0 Å². The molecule has 88 valence electrons. The van der Waals surface area contributed by atoms with Crippen molar-refractivity contribution >= 4 is 15.0 Å². The van der Waals surface area contributed by atoms with E-state index >= 15 is 0 Å². The van der Waals surface area contributed by atoms with Crippen LogP contribution in [0.2, 0.25) is 5.32 Å². The van der Waals surface area contributed by atoms with Crippen molar-refractivity contribution in [3.05, 3.63) is 23.3 Å². The van der Waals surface area contributed by atoms with Crippen LogP contribution in [0.1, 0.15) is 33.6 Å². The van der Waals surface area contributed by atoms with Gasteiger partial charge in [-0.3, -0.25) is 0 Å². The van der Waals surface area contributed by atoms with Crippen LogP contribution in [-0.2, 0) is 0 Å². The van der Waals surface area contributed by atoms with Gasteiger partial charge in [-0.25, -0.2) is 0 Å². The normalized spacial score (nSPS) is 12.8. The van der Waals surface area contributed by atoms with E-state index in [9.17, 15) is 13.2 Å². The summed E-state index contributed by atoms with van der Waals surface area (Å²) in [5.74, 6) is 0. The summed E-state index contributed by atoms with van der Waals surface area (Å²) >= 11 is -1.26. The number of rotatable bonds is 5. The van der Waals surface area contributed by atoms with Gasteiger partial charge in [-0.15, -0.1) is 0 Å². The zero-order chi connectivity index (χ0) is 11.9. The van der Waals surface area contributed by atoms with Crippen molar-refractivity contribution in [3.63, 3.8) is 0 Å². The van der Waals surface area contributed by atoms with Gasteiger partial charge in [-0.1, -0.05) is 0 Å². The fourth-order valence-corrected chi connectivity index (χ4v) is 2.14. The molecule has 0 bridgehead atoms. The second kappa shape index (κ2) is 7.13. The molecule has 0 aromatic carbocycles. The van der Waals surface area contributed by atoms with E-state index in [4.69, 9.17) is 0 Å². The molecule has 0 aliphatic carbocycles. The Bertz CT molecular complexity index is 235. The summed E-state index contributed by atoms with van der Waals surface area (Å²) < 4.78 is 35.6. The van der Waals surface area contributed by atoms with E-state index in [1.165, 1.54) is 5.57 Å². The van der Waals surface area contributed by atoms with Crippen LogP contribution < -0.4 is 0 Å². The minimum absolute atomic E-state index is 0.164. The van der Waals surface area contributed by atoms with Crippen molar-refractivity contribution in [3.8, 4) is 0 Å². The third-order valence-corrected chi connectivity index (χ3v) is 3.16. The molecular weight excluding hydrogens is 268 g/mol. The van der Waals surface area contributed by atoms with Crippen molar-refractivity contribution in [2.75, 3.05) is 0 Å². The molecular formula is C11H17F3Se. The average molecular weight is 285 g/mol. The summed E-state index contributed by atoms with van der Waals surface area (Å²) in [6.07, 6.45) is 5.60. The molecule has 0 amide bonds. The number of allylic oxidation sites excluding steroid dienone is 4. The molecule has 0 aliphatic rings. The Morgan fingerprint density at radius 2 is 1.73 bits per heavy atom. The van der Waals surface area contributed by atoms with Crippen LogP contribution in [0.4, 0.5) is 13.2 Å². The molecule has 0 spiro atoms. The van der Waals surface area contributed by atoms with E-state index in [0.717, 1.165) is 18.4 Å². The van der Waals surface area contributed by atoms with Crippen molar-refractivity contribution in [2.45, 2.75) is 44.0 Å². The number of hydrogen-bond donors (Lipinski definition) is 0. The molecule has 0 fully saturated rings. The summed E-state index contributed by atoms with van der Waals surface area (Å²) in [5, 5.41) is -3.80. The Morgan fingerprint density at radius 1 is 1.13 bits per heavy atom. The average Bonchev–Trinajstić information content (AvgIpc) is 2.00. The first-order valence-corrected chi connectivity index (χ1v) is 6.88. The van der Waals surface area contributed by atoms with Crippen molar-refractivity contribution in [2.24, 2.45) is 0 Å². The van der Waals surface area contributed by atoms with Gasteiger partial charge in [0.15, 0.2) is 0 Å². The van der Waals surface area contributed by atoms with Gasteiger partial charge in [-0.2, -0.15) is 0 Å². The summed E-state index contributed by atoms with van der Waals surface area (Å²) in [6, 6.07) is 0. The van der Waals surface area contributed by atoms with E-state index in [-0.39, 0.29) is 5.32 Å². The molecule has 0 rings (SSSR count). The quantitative estimate of drug-likeness (QED) is 0.521. The Labute approximate surface area is 95.8 Å². The Hall–Kier alpha value is -0.211. The topological polar surface area (TPSA) is 0 Å². The third kappa shape index (κ3) is 11.7. The molecule has 0 aromatic heterocycles. The zero-order valence-corrected chi connectivity index (χ0v) is 11.0. The molecule has 0 saturated heterocycles. The Morgan fingerprint density at radius 3 is 2.20 bits per heavy atom. The first-order chi connectivity index (χ1) is 6.81. The second-order valence-electron chi connectivity index (χ2n) is 3.63. The first-order valence-electron chi connectivity index (χ1n) is 4.81. The predicted octanol–water partition coefficient (Wildman–Crippen LogP) is 4.32. The molecule has 0 unspecified atom stereocenters. The second-order valence-corrected chi connectivity index (χ2v) is 5.90. The SMILES string of the molecule is CC(C)=CCC/C(C)=C/C[Se]C(F)(F)F. The molecule has 0 atom stereocenters. The van der Waals surface area contributed by atoms with Crippen LogP contribution in [0.3, 0.4) is 0 Å². The van der Waals surface area contributed by atoms with Gasteiger partial charge in [0.2, 0.25) is 0 Å². The van der Waals surface area contributed by atoms with Crippen molar-refractivity contribution < 1.29 is 13.2 Å². The molecule has 0 N–H and O–H groups in total. The maximum atomic E-state index is 11.9. The van der Waals surface area contributed by atoms with Gasteiger partial charge in [0, 0.05) is 0 Å². The number of halogens is 3. The molecule has 0 radical (unpaired) electrons. The van der Waals surface area contributed by atoms with Gasteiger partial charge >= 0.3 is 95.4 Å². The van der Waals surface area contributed by atoms with Crippen LogP contribution in [0.15, 0.2) is 23.3 Å². The number of hydrogen-bond acceptors (Lipinski definition) is 0. The van der Waals surface area contributed by atoms with E-state index in [1.807, 2.05) is 20.8 Å². The van der Waals surface area contributed by atoms with Crippen LogP contribution in [0.25, 0.3) is 0 Å². The van der Waals surface area contributed by atoms with E-state index in [0.29, 0.717) is 0 Å². The van der Waals surface area contributed by atoms with Crippen molar-refractivity contribution in [1.82, 2.24) is 0 Å². The molecule has 0 heterocycles. The van der Waals surface area contributed by atoms with E-state index in [2.05, 4.69) is 6.08 Å². The van der Waals surface area contributed by atoms with E-state index < -0.39 is 20.0 Å². The molecule has 0 nitrogen and oxygen atoms in total. The molecule has 0 aromatic rings. The monoisotopic (exact) mass is 286 g/mol. The van der Waals surface area contributed by atoms with Gasteiger partial charge in [-0.05, 0) is 0 Å². The molecule has 15 heavy (non-hydrogen) atoms. The Kier molecular flexibility index (Phi) is 7.03. The van der Waals surface area contributed by atoms with Crippen LogP contribution in [0.5, 0.6) is 0 Å². The number of alkyl halides is 3. The maximum absolute atomic E-state index is 11.9. The zero-order valence-electron chi connectivity index (χ0n) is 9.32. The van der Waals surface area contributed by atoms with Gasteiger partial charge in [0.05, 0.1) is 0 Å². The van der Waals surface area contributed by atoms with Crippen LogP contribution in [0, 0.1) is 0 Å². The molecule has 4 heteroatoms. The summed E-state index contributed by atoms with van der Waals surface area (Å²) in [4.78, 5) is 0. The molecule has 0 aliphatic heterocycles.